The highest BCUT2D eigenvalue weighted by molar-refractivity contribution is 5.83. The molecule has 0 amide bonds. The lowest BCUT2D eigenvalue weighted by molar-refractivity contribution is -0.144. The molecule has 2 aromatic carbocycles. The first kappa shape index (κ1) is 12.6. The highest BCUT2D eigenvalue weighted by atomic mass is 16.5. The molecule has 0 aliphatic heterocycles. The van der Waals surface area contributed by atoms with Gasteiger partial charge in [-0.1, -0.05) is 42.5 Å². The molecule has 0 saturated heterocycles. The van der Waals surface area contributed by atoms with Crippen molar-refractivity contribution in [2.24, 2.45) is 5.73 Å². The molecule has 0 radical (unpaired) electrons. The Labute approximate surface area is 107 Å². The molecule has 94 valence electrons. The molecular formula is C15H17NO2. The van der Waals surface area contributed by atoms with Crippen molar-refractivity contribution in [3.8, 4) is 0 Å². The predicted octanol–water partition coefficient (Wildman–Crippen LogP) is 2.27. The van der Waals surface area contributed by atoms with Crippen LogP contribution in [0.2, 0.25) is 0 Å². The molecule has 0 aliphatic rings. The Hall–Kier alpha value is -1.87. The van der Waals surface area contributed by atoms with Crippen LogP contribution in [0.4, 0.5) is 0 Å². The van der Waals surface area contributed by atoms with E-state index in [0.29, 0.717) is 13.0 Å². The maximum atomic E-state index is 11.5. The van der Waals surface area contributed by atoms with Gasteiger partial charge in [0.05, 0.1) is 6.61 Å². The van der Waals surface area contributed by atoms with Crippen LogP contribution in [0, 0.1) is 0 Å². The summed E-state index contributed by atoms with van der Waals surface area (Å²) < 4.78 is 4.90. The number of ether oxygens (including phenoxy) is 1. The van der Waals surface area contributed by atoms with Gasteiger partial charge in [0.2, 0.25) is 0 Å². The van der Waals surface area contributed by atoms with E-state index in [2.05, 4.69) is 18.2 Å². The highest BCUT2D eigenvalue weighted by Gasteiger charge is 2.14. The van der Waals surface area contributed by atoms with Crippen LogP contribution >= 0.6 is 0 Å². The fourth-order valence-corrected chi connectivity index (χ4v) is 1.95. The number of carbonyl (C=O) groups is 1. The molecule has 2 N–H and O–H groups in total. The lowest BCUT2D eigenvalue weighted by Gasteiger charge is -2.11. The number of benzene rings is 2. The molecule has 1 atom stereocenters. The van der Waals surface area contributed by atoms with Crippen molar-refractivity contribution < 1.29 is 9.53 Å². The van der Waals surface area contributed by atoms with E-state index < -0.39 is 6.04 Å². The summed E-state index contributed by atoms with van der Waals surface area (Å²) in [4.78, 5) is 11.5. The van der Waals surface area contributed by atoms with Crippen LogP contribution in [0.15, 0.2) is 42.5 Å². The lowest BCUT2D eigenvalue weighted by Crippen LogP contribution is -2.34. The van der Waals surface area contributed by atoms with Crippen LogP contribution in [-0.2, 0) is 16.0 Å². The second-order valence-corrected chi connectivity index (χ2v) is 4.24. The van der Waals surface area contributed by atoms with E-state index >= 15 is 0 Å². The summed E-state index contributed by atoms with van der Waals surface area (Å²) in [5, 5.41) is 2.34. The quantitative estimate of drug-likeness (QED) is 0.838. The third-order valence-electron chi connectivity index (χ3n) is 2.86. The lowest BCUT2D eigenvalue weighted by atomic mass is 10.0. The minimum atomic E-state index is -0.592. The van der Waals surface area contributed by atoms with Gasteiger partial charge < -0.3 is 10.5 Å². The first-order valence-electron chi connectivity index (χ1n) is 6.10. The van der Waals surface area contributed by atoms with E-state index in [0.717, 1.165) is 10.9 Å². The zero-order valence-corrected chi connectivity index (χ0v) is 10.4. The Balaban J connectivity index is 2.14. The molecule has 2 rings (SSSR count). The topological polar surface area (TPSA) is 52.3 Å². The van der Waals surface area contributed by atoms with Gasteiger partial charge in [0.1, 0.15) is 6.04 Å². The molecule has 0 bridgehead atoms. The third kappa shape index (κ3) is 2.87. The molecule has 2 aromatic rings. The summed E-state index contributed by atoms with van der Waals surface area (Å²) in [6.45, 7) is 2.14. The van der Waals surface area contributed by atoms with Gasteiger partial charge in [-0.05, 0) is 29.7 Å². The molecule has 1 unspecified atom stereocenters. The van der Waals surface area contributed by atoms with Crippen molar-refractivity contribution in [2.45, 2.75) is 19.4 Å². The maximum Gasteiger partial charge on any atom is 0.323 e. The minimum absolute atomic E-state index is 0.342. The van der Waals surface area contributed by atoms with Crippen LogP contribution in [0.25, 0.3) is 10.8 Å². The number of hydrogen-bond acceptors (Lipinski definition) is 3. The summed E-state index contributed by atoms with van der Waals surface area (Å²) in [5.74, 6) is -0.342. The molecule has 3 heteroatoms. The van der Waals surface area contributed by atoms with E-state index in [1.54, 1.807) is 6.92 Å². The summed E-state index contributed by atoms with van der Waals surface area (Å²) in [7, 11) is 0. The van der Waals surface area contributed by atoms with Crippen LogP contribution in [0.3, 0.4) is 0 Å². The van der Waals surface area contributed by atoms with E-state index in [1.165, 1.54) is 5.39 Å². The Bertz CT molecular complexity index is 551. The maximum absolute atomic E-state index is 11.5. The Morgan fingerprint density at radius 2 is 1.94 bits per heavy atom. The molecular weight excluding hydrogens is 226 g/mol. The van der Waals surface area contributed by atoms with E-state index in [4.69, 9.17) is 10.5 Å². The fraction of sp³-hybridized carbons (Fsp3) is 0.267. The van der Waals surface area contributed by atoms with Gasteiger partial charge >= 0.3 is 5.97 Å². The summed E-state index contributed by atoms with van der Waals surface area (Å²) in [5.41, 5.74) is 6.86. The highest BCUT2D eigenvalue weighted by Crippen LogP contribution is 2.16. The van der Waals surface area contributed by atoms with Crippen molar-refractivity contribution in [2.75, 3.05) is 6.61 Å². The molecule has 0 aliphatic carbocycles. The van der Waals surface area contributed by atoms with Gasteiger partial charge in [-0.3, -0.25) is 4.79 Å². The third-order valence-corrected chi connectivity index (χ3v) is 2.86. The van der Waals surface area contributed by atoms with E-state index in [-0.39, 0.29) is 5.97 Å². The van der Waals surface area contributed by atoms with E-state index in [9.17, 15) is 4.79 Å². The second kappa shape index (κ2) is 5.65. The number of rotatable bonds is 4. The van der Waals surface area contributed by atoms with Gasteiger partial charge in [-0.15, -0.1) is 0 Å². The first-order chi connectivity index (χ1) is 8.70. The number of nitrogens with two attached hydrogens (primary N) is 1. The number of hydrogen-bond donors (Lipinski definition) is 1. The van der Waals surface area contributed by atoms with Gasteiger partial charge in [0, 0.05) is 0 Å². The Morgan fingerprint density at radius 1 is 1.22 bits per heavy atom. The smallest absolute Gasteiger partial charge is 0.323 e. The number of esters is 1. The summed E-state index contributed by atoms with van der Waals surface area (Å²) >= 11 is 0. The second-order valence-electron chi connectivity index (χ2n) is 4.24. The summed E-state index contributed by atoms with van der Waals surface area (Å²) in [6.07, 6.45) is 0.504. The molecule has 0 saturated carbocycles. The molecule has 0 heterocycles. The minimum Gasteiger partial charge on any atom is -0.465 e. The Kier molecular flexibility index (Phi) is 3.95. The van der Waals surface area contributed by atoms with Crippen molar-refractivity contribution >= 4 is 16.7 Å². The molecule has 0 spiro atoms. The summed E-state index contributed by atoms with van der Waals surface area (Å²) in [6, 6.07) is 13.6. The van der Waals surface area contributed by atoms with Gasteiger partial charge in [-0.25, -0.2) is 0 Å². The first-order valence-corrected chi connectivity index (χ1v) is 6.10. The van der Waals surface area contributed by atoms with Crippen molar-refractivity contribution in [1.29, 1.82) is 0 Å². The number of fused-ring (bicyclic) bond motifs is 1. The SMILES string of the molecule is CCOC(=O)C(N)Cc1ccc2ccccc2c1. The largest absolute Gasteiger partial charge is 0.465 e. The van der Waals surface area contributed by atoms with Crippen molar-refractivity contribution in [3.63, 3.8) is 0 Å². The normalized spacial score (nSPS) is 12.3. The Morgan fingerprint density at radius 3 is 2.67 bits per heavy atom. The monoisotopic (exact) mass is 243 g/mol. The average molecular weight is 243 g/mol. The van der Waals surface area contributed by atoms with Gasteiger partial charge in [0.25, 0.3) is 0 Å². The van der Waals surface area contributed by atoms with Crippen LogP contribution < -0.4 is 5.73 Å². The predicted molar refractivity (Wildman–Crippen MR) is 72.3 cm³/mol. The molecule has 0 fully saturated rings. The standard InChI is InChI=1S/C15H17NO2/c1-2-18-15(17)14(16)10-11-7-8-12-5-3-4-6-13(12)9-11/h3-9,14H,2,10,16H2,1H3. The number of carbonyl (C=O) groups excluding carboxylic acids is 1. The van der Waals surface area contributed by atoms with Crippen LogP contribution in [0.1, 0.15) is 12.5 Å². The van der Waals surface area contributed by atoms with Crippen LogP contribution in [0.5, 0.6) is 0 Å². The molecule has 3 nitrogen and oxygen atoms in total. The van der Waals surface area contributed by atoms with Crippen molar-refractivity contribution in [1.82, 2.24) is 0 Å². The molecule has 0 aromatic heterocycles. The zero-order chi connectivity index (χ0) is 13.0. The fourth-order valence-electron chi connectivity index (χ4n) is 1.95. The molecule has 18 heavy (non-hydrogen) atoms. The van der Waals surface area contributed by atoms with Crippen molar-refractivity contribution in [3.05, 3.63) is 48.0 Å². The zero-order valence-electron chi connectivity index (χ0n) is 10.4. The van der Waals surface area contributed by atoms with Crippen LogP contribution in [-0.4, -0.2) is 18.6 Å². The van der Waals surface area contributed by atoms with Gasteiger partial charge in [-0.2, -0.15) is 0 Å². The van der Waals surface area contributed by atoms with E-state index in [1.807, 2.05) is 24.3 Å². The van der Waals surface area contributed by atoms with Gasteiger partial charge in [0.15, 0.2) is 0 Å². The average Bonchev–Trinajstić information content (AvgIpc) is 2.39.